The van der Waals surface area contributed by atoms with Gasteiger partial charge < -0.3 is 5.21 Å². The van der Waals surface area contributed by atoms with Crippen LogP contribution >= 0.6 is 11.7 Å². The van der Waals surface area contributed by atoms with Gasteiger partial charge in [-0.15, -0.1) is 0 Å². The summed E-state index contributed by atoms with van der Waals surface area (Å²) in [5.41, 5.74) is -0.481. The molecule has 1 rings (SSSR count). The van der Waals surface area contributed by atoms with Gasteiger partial charge in [0.15, 0.2) is 0 Å². The summed E-state index contributed by atoms with van der Waals surface area (Å²) in [7, 11) is 0. The van der Waals surface area contributed by atoms with E-state index in [9.17, 15) is 4.79 Å². The molecular formula is C2H2N2O2S. The summed E-state index contributed by atoms with van der Waals surface area (Å²) in [6, 6.07) is 0. The van der Waals surface area contributed by atoms with Gasteiger partial charge in [-0.1, -0.05) is 4.12 Å². The molecule has 1 aromatic heterocycles. The van der Waals surface area contributed by atoms with Crippen LogP contribution in [0.25, 0.3) is 0 Å². The normalized spacial score (nSPS) is 9.14. The third-order valence-corrected chi connectivity index (χ3v) is 1.01. The zero-order valence-electron chi connectivity index (χ0n) is 3.24. The zero-order chi connectivity index (χ0) is 5.28. The molecule has 1 aromatic rings. The lowest BCUT2D eigenvalue weighted by Gasteiger charge is -1.73. The summed E-state index contributed by atoms with van der Waals surface area (Å²) in [4.78, 5) is 10.1. The van der Waals surface area contributed by atoms with Crippen molar-refractivity contribution in [1.29, 1.82) is 0 Å². The Labute approximate surface area is 42.9 Å². The predicted octanol–water partition coefficient (Wildman–Crippen LogP) is -0.458. The minimum Gasteiger partial charge on any atom is -0.414 e. The maximum Gasteiger partial charge on any atom is 0.314 e. The van der Waals surface area contributed by atoms with Gasteiger partial charge in [-0.3, -0.25) is 4.79 Å². The fourth-order valence-electron chi connectivity index (χ4n) is 0.203. The number of rotatable bonds is 0. The second kappa shape index (κ2) is 1.34. The van der Waals surface area contributed by atoms with Crippen molar-refractivity contribution >= 4 is 11.7 Å². The van der Waals surface area contributed by atoms with Gasteiger partial charge in [0.1, 0.15) is 6.20 Å². The van der Waals surface area contributed by atoms with Crippen molar-refractivity contribution in [3.8, 4) is 0 Å². The Balaban J connectivity index is 3.39. The van der Waals surface area contributed by atoms with Crippen molar-refractivity contribution in [2.45, 2.75) is 0 Å². The van der Waals surface area contributed by atoms with Crippen molar-refractivity contribution in [2.24, 2.45) is 0 Å². The van der Waals surface area contributed by atoms with Gasteiger partial charge in [-0.25, -0.2) is 0 Å². The van der Waals surface area contributed by atoms with E-state index >= 15 is 0 Å². The zero-order valence-corrected chi connectivity index (χ0v) is 4.05. The largest absolute Gasteiger partial charge is 0.414 e. The first kappa shape index (κ1) is 4.32. The van der Waals surface area contributed by atoms with Crippen LogP contribution < -0.4 is 5.56 Å². The molecule has 0 aromatic carbocycles. The fourth-order valence-corrected chi connectivity index (χ4v) is 0.557. The molecule has 0 fully saturated rings. The van der Waals surface area contributed by atoms with Crippen LogP contribution in [0.2, 0.25) is 0 Å². The average molecular weight is 118 g/mol. The van der Waals surface area contributed by atoms with Gasteiger partial charge in [0.2, 0.25) is 0 Å². The Morgan fingerprint density at radius 3 is 2.86 bits per heavy atom. The van der Waals surface area contributed by atoms with Crippen molar-refractivity contribution in [1.82, 2.24) is 8.49 Å². The molecule has 1 N–H and O–H groups in total. The third-order valence-electron chi connectivity index (χ3n) is 0.476. The maximum absolute atomic E-state index is 10.1. The topological polar surface area (TPSA) is 55.1 Å². The molecule has 38 valence electrons. The highest BCUT2D eigenvalue weighted by Gasteiger charge is 1.87. The van der Waals surface area contributed by atoms with Gasteiger partial charge >= 0.3 is 5.56 Å². The second-order valence-electron chi connectivity index (χ2n) is 0.927. The molecule has 0 saturated heterocycles. The van der Waals surface area contributed by atoms with Crippen LogP contribution in [-0.2, 0) is 0 Å². The van der Waals surface area contributed by atoms with Crippen LogP contribution in [0, 0.1) is 0 Å². The summed E-state index contributed by atoms with van der Waals surface area (Å²) in [5.74, 6) is 0. The van der Waals surface area contributed by atoms with E-state index in [0.29, 0.717) is 15.8 Å². The van der Waals surface area contributed by atoms with Gasteiger partial charge in [0.05, 0.1) is 11.7 Å². The van der Waals surface area contributed by atoms with E-state index in [1.165, 1.54) is 0 Å². The molecule has 0 spiro atoms. The molecule has 0 saturated carbocycles. The van der Waals surface area contributed by atoms with E-state index in [2.05, 4.69) is 4.37 Å². The summed E-state index contributed by atoms with van der Waals surface area (Å²) in [6.07, 6.45) is 1.05. The van der Waals surface area contributed by atoms with Crippen LogP contribution in [0.5, 0.6) is 0 Å². The Morgan fingerprint density at radius 2 is 2.71 bits per heavy atom. The SMILES string of the molecule is O=c1cnsn1O. The van der Waals surface area contributed by atoms with E-state index in [0.717, 1.165) is 6.20 Å². The molecule has 0 amide bonds. The van der Waals surface area contributed by atoms with Gasteiger partial charge in [0, 0.05) is 0 Å². The van der Waals surface area contributed by atoms with Gasteiger partial charge in [0.25, 0.3) is 0 Å². The van der Waals surface area contributed by atoms with Crippen LogP contribution in [0.1, 0.15) is 0 Å². The smallest absolute Gasteiger partial charge is 0.314 e. The number of hydrogen-bond donors (Lipinski definition) is 1. The summed E-state index contributed by atoms with van der Waals surface area (Å²) >= 11 is 0.714. The first-order chi connectivity index (χ1) is 3.30. The molecule has 0 radical (unpaired) electrons. The highest BCUT2D eigenvalue weighted by atomic mass is 32.1. The lowest BCUT2D eigenvalue weighted by Crippen LogP contribution is -2.06. The molecule has 5 heteroatoms. The quantitative estimate of drug-likeness (QED) is 0.469. The predicted molar refractivity (Wildman–Crippen MR) is 23.6 cm³/mol. The number of hydrogen-bond acceptors (Lipinski definition) is 4. The van der Waals surface area contributed by atoms with Gasteiger partial charge in [-0.2, -0.15) is 4.37 Å². The number of aromatic nitrogens is 2. The van der Waals surface area contributed by atoms with Crippen LogP contribution in [0.15, 0.2) is 11.0 Å². The monoisotopic (exact) mass is 118 g/mol. The summed E-state index contributed by atoms with van der Waals surface area (Å²) in [5, 5.41) is 8.32. The fraction of sp³-hybridized carbons (Fsp3) is 0. The van der Waals surface area contributed by atoms with E-state index in [-0.39, 0.29) is 0 Å². The molecular weight excluding hydrogens is 116 g/mol. The van der Waals surface area contributed by atoms with Crippen molar-refractivity contribution in [3.63, 3.8) is 0 Å². The highest BCUT2D eigenvalue weighted by molar-refractivity contribution is 6.99. The first-order valence-electron chi connectivity index (χ1n) is 1.54. The molecule has 0 aliphatic carbocycles. The lowest BCUT2D eigenvalue weighted by molar-refractivity contribution is 0.210. The van der Waals surface area contributed by atoms with Crippen LogP contribution in [0.3, 0.4) is 0 Å². The molecule has 0 aliphatic rings. The Bertz CT molecular complexity index is 201. The Kier molecular flexibility index (Phi) is 0.828. The third kappa shape index (κ3) is 0.614. The summed E-state index contributed by atoms with van der Waals surface area (Å²) < 4.78 is 3.82. The van der Waals surface area contributed by atoms with E-state index in [1.54, 1.807) is 0 Å². The minimum absolute atomic E-state index is 0.458. The first-order valence-corrected chi connectivity index (χ1v) is 2.27. The maximum atomic E-state index is 10.1. The van der Waals surface area contributed by atoms with Crippen LogP contribution in [-0.4, -0.2) is 13.7 Å². The van der Waals surface area contributed by atoms with Crippen molar-refractivity contribution in [3.05, 3.63) is 16.6 Å². The van der Waals surface area contributed by atoms with Crippen molar-refractivity contribution in [2.75, 3.05) is 0 Å². The highest BCUT2D eigenvalue weighted by Crippen LogP contribution is 1.75. The Hall–Kier alpha value is -0.840. The minimum atomic E-state index is -0.481. The van der Waals surface area contributed by atoms with E-state index < -0.39 is 5.56 Å². The number of nitrogens with zero attached hydrogens (tertiary/aromatic N) is 2. The van der Waals surface area contributed by atoms with Crippen molar-refractivity contribution < 1.29 is 5.21 Å². The molecule has 0 aliphatic heterocycles. The van der Waals surface area contributed by atoms with Crippen LogP contribution in [0.4, 0.5) is 0 Å². The summed E-state index contributed by atoms with van der Waals surface area (Å²) in [6.45, 7) is 0. The standard InChI is InChI=1S/C2H2N2O2S/c5-2-1-3-7-4(2)6/h1,6H. The second-order valence-corrected chi connectivity index (χ2v) is 1.65. The average Bonchev–Trinajstić information content (AvgIpc) is 1.91. The molecule has 4 nitrogen and oxygen atoms in total. The van der Waals surface area contributed by atoms with E-state index in [1.807, 2.05) is 0 Å². The molecule has 1 heterocycles. The Morgan fingerprint density at radius 1 is 2.00 bits per heavy atom. The molecule has 0 atom stereocenters. The molecule has 0 bridgehead atoms. The lowest BCUT2D eigenvalue weighted by atomic mass is 10.9. The molecule has 0 unspecified atom stereocenters. The van der Waals surface area contributed by atoms with Gasteiger partial charge in [-0.05, 0) is 0 Å². The molecule has 7 heavy (non-hydrogen) atoms. The van der Waals surface area contributed by atoms with E-state index in [4.69, 9.17) is 5.21 Å².